The Kier molecular flexibility index (Phi) is 4.10. The SMILES string of the molecule is CCN(CC)C(=O)C1=CN(C(=O)O)C=CC1. The van der Waals surface area contributed by atoms with Crippen molar-refractivity contribution in [3.8, 4) is 0 Å². The summed E-state index contributed by atoms with van der Waals surface area (Å²) in [6.45, 7) is 5.05. The van der Waals surface area contributed by atoms with E-state index in [1.165, 1.54) is 12.4 Å². The number of carbonyl (C=O) groups is 2. The summed E-state index contributed by atoms with van der Waals surface area (Å²) in [4.78, 5) is 25.3. The monoisotopic (exact) mass is 224 g/mol. The molecule has 16 heavy (non-hydrogen) atoms. The number of rotatable bonds is 3. The molecule has 5 nitrogen and oxygen atoms in total. The molecule has 0 aromatic carbocycles. The van der Waals surface area contributed by atoms with Crippen LogP contribution in [0.1, 0.15) is 20.3 Å². The van der Waals surface area contributed by atoms with Crippen molar-refractivity contribution in [3.05, 3.63) is 24.0 Å². The summed E-state index contributed by atoms with van der Waals surface area (Å²) in [6.07, 6.45) is 3.90. The summed E-state index contributed by atoms with van der Waals surface area (Å²) in [5.74, 6) is -0.0967. The predicted octanol–water partition coefficient (Wildman–Crippen LogP) is 1.64. The molecule has 0 aromatic heterocycles. The fraction of sp³-hybridized carbons (Fsp3) is 0.455. The molecule has 0 aliphatic carbocycles. The van der Waals surface area contributed by atoms with Crippen LogP contribution in [0.4, 0.5) is 4.79 Å². The van der Waals surface area contributed by atoms with E-state index >= 15 is 0 Å². The third-order valence-electron chi connectivity index (χ3n) is 2.44. The first kappa shape index (κ1) is 12.3. The first-order valence-corrected chi connectivity index (χ1v) is 5.28. The number of allylic oxidation sites excluding steroid dienone is 1. The molecule has 0 radical (unpaired) electrons. The van der Waals surface area contributed by atoms with Crippen LogP contribution in [0.2, 0.25) is 0 Å². The maximum atomic E-state index is 11.9. The molecule has 0 spiro atoms. The molecule has 0 atom stereocenters. The van der Waals surface area contributed by atoms with Crippen molar-refractivity contribution in [2.45, 2.75) is 20.3 Å². The third kappa shape index (κ3) is 2.62. The molecule has 1 aliphatic heterocycles. The predicted molar refractivity (Wildman–Crippen MR) is 59.6 cm³/mol. The van der Waals surface area contributed by atoms with E-state index in [4.69, 9.17) is 5.11 Å². The second-order valence-corrected chi connectivity index (χ2v) is 3.41. The molecule has 0 aromatic rings. The summed E-state index contributed by atoms with van der Waals surface area (Å²) < 4.78 is 0. The Balaban J connectivity index is 2.81. The van der Waals surface area contributed by atoms with Gasteiger partial charge in [-0.25, -0.2) is 4.79 Å². The number of carbonyl (C=O) groups excluding carboxylic acids is 1. The standard InChI is InChI=1S/C11H16N2O3/c1-3-12(4-2)10(14)9-6-5-7-13(8-9)11(15)16/h5,7-8H,3-4,6H2,1-2H3,(H,15,16). The zero-order chi connectivity index (χ0) is 12.1. The van der Waals surface area contributed by atoms with E-state index in [0.717, 1.165) is 4.90 Å². The molecule has 0 saturated heterocycles. The van der Waals surface area contributed by atoms with Gasteiger partial charge in [0.05, 0.1) is 0 Å². The lowest BCUT2D eigenvalue weighted by Crippen LogP contribution is -2.33. The zero-order valence-corrected chi connectivity index (χ0v) is 9.51. The molecule has 1 aliphatic rings. The summed E-state index contributed by atoms with van der Waals surface area (Å²) >= 11 is 0. The van der Waals surface area contributed by atoms with Crippen LogP contribution in [0.3, 0.4) is 0 Å². The van der Waals surface area contributed by atoms with Crippen molar-refractivity contribution in [1.82, 2.24) is 9.80 Å². The van der Waals surface area contributed by atoms with E-state index in [-0.39, 0.29) is 5.91 Å². The zero-order valence-electron chi connectivity index (χ0n) is 9.51. The Hall–Kier alpha value is -1.78. The highest BCUT2D eigenvalue weighted by Crippen LogP contribution is 2.14. The van der Waals surface area contributed by atoms with E-state index in [9.17, 15) is 9.59 Å². The van der Waals surface area contributed by atoms with Gasteiger partial charge in [0.2, 0.25) is 0 Å². The number of hydrogen-bond acceptors (Lipinski definition) is 2. The van der Waals surface area contributed by atoms with Gasteiger partial charge in [-0.2, -0.15) is 0 Å². The van der Waals surface area contributed by atoms with Crippen LogP contribution >= 0.6 is 0 Å². The van der Waals surface area contributed by atoms with Gasteiger partial charge in [0.1, 0.15) is 0 Å². The summed E-state index contributed by atoms with van der Waals surface area (Å²) in [5.41, 5.74) is 0.508. The van der Waals surface area contributed by atoms with Crippen molar-refractivity contribution in [1.29, 1.82) is 0 Å². The summed E-state index contributed by atoms with van der Waals surface area (Å²) in [5, 5.41) is 8.80. The Morgan fingerprint density at radius 1 is 1.44 bits per heavy atom. The average Bonchev–Trinajstić information content (AvgIpc) is 2.30. The number of amides is 2. The van der Waals surface area contributed by atoms with Gasteiger partial charge in [-0.3, -0.25) is 9.69 Å². The Morgan fingerprint density at radius 2 is 2.06 bits per heavy atom. The number of likely N-dealkylation sites (N-methyl/N-ethyl adjacent to an activating group) is 1. The van der Waals surface area contributed by atoms with Gasteiger partial charge in [0.15, 0.2) is 0 Å². The largest absolute Gasteiger partial charge is 0.464 e. The van der Waals surface area contributed by atoms with Crippen molar-refractivity contribution in [2.24, 2.45) is 0 Å². The Labute approximate surface area is 94.6 Å². The molecule has 1 N–H and O–H groups in total. The number of hydrogen-bond donors (Lipinski definition) is 1. The van der Waals surface area contributed by atoms with Crippen LogP contribution in [-0.4, -0.2) is 40.0 Å². The van der Waals surface area contributed by atoms with E-state index in [2.05, 4.69) is 0 Å². The molecule has 2 amide bonds. The van der Waals surface area contributed by atoms with Crippen LogP contribution in [-0.2, 0) is 4.79 Å². The minimum absolute atomic E-state index is 0.0967. The normalized spacial score (nSPS) is 14.6. The number of carboxylic acid groups (broad SMARTS) is 1. The molecule has 88 valence electrons. The third-order valence-corrected chi connectivity index (χ3v) is 2.44. The highest BCUT2D eigenvalue weighted by molar-refractivity contribution is 5.94. The highest BCUT2D eigenvalue weighted by atomic mass is 16.4. The van der Waals surface area contributed by atoms with E-state index < -0.39 is 6.09 Å². The minimum atomic E-state index is -1.08. The molecule has 0 saturated carbocycles. The van der Waals surface area contributed by atoms with E-state index in [1.807, 2.05) is 13.8 Å². The molecule has 0 fully saturated rings. The first-order chi connectivity index (χ1) is 7.60. The minimum Gasteiger partial charge on any atom is -0.464 e. The van der Waals surface area contributed by atoms with Crippen LogP contribution in [0.25, 0.3) is 0 Å². The molecular weight excluding hydrogens is 208 g/mol. The van der Waals surface area contributed by atoms with Gasteiger partial charge in [0, 0.05) is 31.1 Å². The van der Waals surface area contributed by atoms with Gasteiger partial charge < -0.3 is 10.0 Å². The molecule has 5 heteroatoms. The maximum Gasteiger partial charge on any atom is 0.415 e. The Morgan fingerprint density at radius 3 is 2.56 bits per heavy atom. The van der Waals surface area contributed by atoms with Crippen LogP contribution in [0.5, 0.6) is 0 Å². The highest BCUT2D eigenvalue weighted by Gasteiger charge is 2.19. The van der Waals surface area contributed by atoms with Gasteiger partial charge in [0.25, 0.3) is 5.91 Å². The maximum absolute atomic E-state index is 11.9. The van der Waals surface area contributed by atoms with Crippen LogP contribution < -0.4 is 0 Å². The molecule has 1 heterocycles. The van der Waals surface area contributed by atoms with Crippen molar-refractivity contribution >= 4 is 12.0 Å². The molecule has 1 rings (SSSR count). The fourth-order valence-corrected chi connectivity index (χ4v) is 1.53. The summed E-state index contributed by atoms with van der Waals surface area (Å²) in [6, 6.07) is 0. The van der Waals surface area contributed by atoms with Gasteiger partial charge in [-0.15, -0.1) is 0 Å². The lowest BCUT2D eigenvalue weighted by Gasteiger charge is -2.22. The smallest absolute Gasteiger partial charge is 0.415 e. The topological polar surface area (TPSA) is 60.9 Å². The lowest BCUT2D eigenvalue weighted by atomic mass is 10.1. The van der Waals surface area contributed by atoms with Crippen molar-refractivity contribution < 1.29 is 14.7 Å². The van der Waals surface area contributed by atoms with Gasteiger partial charge in [-0.05, 0) is 20.3 Å². The quantitative estimate of drug-likeness (QED) is 0.792. The van der Waals surface area contributed by atoms with Gasteiger partial charge >= 0.3 is 6.09 Å². The second kappa shape index (κ2) is 5.34. The molecular formula is C11H16N2O3. The average molecular weight is 224 g/mol. The van der Waals surface area contributed by atoms with Crippen molar-refractivity contribution in [3.63, 3.8) is 0 Å². The Bertz CT molecular complexity index is 343. The van der Waals surface area contributed by atoms with Crippen LogP contribution in [0.15, 0.2) is 24.0 Å². The lowest BCUT2D eigenvalue weighted by molar-refractivity contribution is -0.126. The van der Waals surface area contributed by atoms with Crippen LogP contribution in [0, 0.1) is 0 Å². The molecule has 0 unspecified atom stereocenters. The fourth-order valence-electron chi connectivity index (χ4n) is 1.53. The first-order valence-electron chi connectivity index (χ1n) is 5.28. The van der Waals surface area contributed by atoms with E-state index in [1.54, 1.807) is 11.0 Å². The molecule has 0 bridgehead atoms. The number of nitrogens with zero attached hydrogens (tertiary/aromatic N) is 2. The second-order valence-electron chi connectivity index (χ2n) is 3.41. The van der Waals surface area contributed by atoms with Gasteiger partial charge in [-0.1, -0.05) is 6.08 Å². The van der Waals surface area contributed by atoms with Crippen molar-refractivity contribution in [2.75, 3.05) is 13.1 Å². The van der Waals surface area contributed by atoms with E-state index in [0.29, 0.717) is 25.1 Å². The summed E-state index contributed by atoms with van der Waals surface area (Å²) in [7, 11) is 0.